The predicted octanol–water partition coefficient (Wildman–Crippen LogP) is 2.15. The summed E-state index contributed by atoms with van der Waals surface area (Å²) in [5.41, 5.74) is 5.61. The zero-order chi connectivity index (χ0) is 16.0. The molecule has 1 aliphatic rings. The fourth-order valence-corrected chi connectivity index (χ4v) is 3.17. The summed E-state index contributed by atoms with van der Waals surface area (Å²) < 4.78 is 0. The van der Waals surface area contributed by atoms with Crippen molar-refractivity contribution >= 4 is 11.9 Å². The quantitative estimate of drug-likeness (QED) is 0.640. The number of amides is 1. The Bertz CT molecular complexity index is 371. The van der Waals surface area contributed by atoms with E-state index in [2.05, 4.69) is 19.2 Å². The average Bonchev–Trinajstić information content (AvgIpc) is 2.74. The van der Waals surface area contributed by atoms with Crippen LogP contribution in [0.2, 0.25) is 0 Å². The van der Waals surface area contributed by atoms with Gasteiger partial charge in [-0.3, -0.25) is 9.59 Å². The molecule has 1 fully saturated rings. The molecule has 1 amide bonds. The zero-order valence-electron chi connectivity index (χ0n) is 13.5. The molecule has 4 N–H and O–H groups in total. The first-order chi connectivity index (χ1) is 9.77. The van der Waals surface area contributed by atoms with E-state index in [1.165, 1.54) is 0 Å². The molecule has 5 nitrogen and oxygen atoms in total. The number of carboxylic acids is 1. The van der Waals surface area contributed by atoms with Crippen LogP contribution in [0.4, 0.5) is 0 Å². The lowest BCUT2D eigenvalue weighted by molar-refractivity contribution is -0.137. The minimum absolute atomic E-state index is 0.0493. The summed E-state index contributed by atoms with van der Waals surface area (Å²) in [6.07, 6.45) is 4.46. The van der Waals surface area contributed by atoms with Gasteiger partial charge in [-0.1, -0.05) is 20.3 Å². The predicted molar refractivity (Wildman–Crippen MR) is 82.8 cm³/mol. The molecule has 5 heteroatoms. The smallest absolute Gasteiger partial charge is 0.303 e. The SMILES string of the molecule is CC(C)C(CCNC(=O)C1(C)CCCC1N)CCC(=O)O. The first-order valence-electron chi connectivity index (χ1n) is 8.03. The molecule has 0 aliphatic heterocycles. The minimum atomic E-state index is -0.755. The van der Waals surface area contributed by atoms with Crippen LogP contribution in [0, 0.1) is 17.3 Å². The molecule has 1 saturated carbocycles. The van der Waals surface area contributed by atoms with Crippen LogP contribution in [0.1, 0.15) is 59.3 Å². The molecule has 0 spiro atoms. The summed E-state index contributed by atoms with van der Waals surface area (Å²) >= 11 is 0. The Balaban J connectivity index is 2.39. The van der Waals surface area contributed by atoms with Crippen LogP contribution in [-0.2, 0) is 9.59 Å². The van der Waals surface area contributed by atoms with Crippen molar-refractivity contribution in [3.63, 3.8) is 0 Å². The van der Waals surface area contributed by atoms with Crippen LogP contribution in [0.15, 0.2) is 0 Å². The molecule has 0 aromatic rings. The van der Waals surface area contributed by atoms with Gasteiger partial charge in [-0.25, -0.2) is 0 Å². The van der Waals surface area contributed by atoms with Crippen molar-refractivity contribution < 1.29 is 14.7 Å². The number of carbonyl (C=O) groups is 2. The molecule has 1 aliphatic carbocycles. The van der Waals surface area contributed by atoms with Crippen molar-refractivity contribution in [3.05, 3.63) is 0 Å². The van der Waals surface area contributed by atoms with E-state index in [0.717, 1.165) is 25.7 Å². The van der Waals surface area contributed by atoms with Gasteiger partial charge in [-0.15, -0.1) is 0 Å². The summed E-state index contributed by atoms with van der Waals surface area (Å²) in [4.78, 5) is 23.0. The maximum absolute atomic E-state index is 12.3. The summed E-state index contributed by atoms with van der Waals surface area (Å²) in [5, 5.41) is 11.8. The van der Waals surface area contributed by atoms with Gasteiger partial charge < -0.3 is 16.2 Å². The van der Waals surface area contributed by atoms with Gasteiger partial charge in [0, 0.05) is 19.0 Å². The van der Waals surface area contributed by atoms with Gasteiger partial charge in [-0.05, 0) is 44.4 Å². The molecular weight excluding hydrogens is 268 g/mol. The third kappa shape index (κ3) is 4.99. The summed E-state index contributed by atoms with van der Waals surface area (Å²) in [7, 11) is 0. The number of hydrogen-bond donors (Lipinski definition) is 3. The second kappa shape index (κ2) is 7.78. The number of rotatable bonds is 8. The Kier molecular flexibility index (Phi) is 6.65. The summed E-state index contributed by atoms with van der Waals surface area (Å²) in [6, 6.07) is -0.0505. The first kappa shape index (κ1) is 18.0. The molecule has 0 radical (unpaired) electrons. The highest BCUT2D eigenvalue weighted by atomic mass is 16.4. The van der Waals surface area contributed by atoms with Crippen molar-refractivity contribution in [3.8, 4) is 0 Å². The number of nitrogens with two attached hydrogens (primary N) is 1. The van der Waals surface area contributed by atoms with Crippen LogP contribution in [0.5, 0.6) is 0 Å². The number of hydrogen-bond acceptors (Lipinski definition) is 3. The number of carboxylic acid groups (broad SMARTS) is 1. The number of nitrogens with one attached hydrogen (secondary N) is 1. The highest BCUT2D eigenvalue weighted by Crippen LogP contribution is 2.36. The van der Waals surface area contributed by atoms with E-state index in [1.54, 1.807) is 0 Å². The van der Waals surface area contributed by atoms with Gasteiger partial charge in [0.15, 0.2) is 0 Å². The Morgan fingerprint density at radius 3 is 2.52 bits per heavy atom. The molecule has 1 rings (SSSR count). The van der Waals surface area contributed by atoms with Gasteiger partial charge in [0.2, 0.25) is 5.91 Å². The van der Waals surface area contributed by atoms with E-state index in [9.17, 15) is 9.59 Å². The van der Waals surface area contributed by atoms with E-state index < -0.39 is 11.4 Å². The normalized spacial score (nSPS) is 26.8. The van der Waals surface area contributed by atoms with E-state index in [-0.39, 0.29) is 18.4 Å². The summed E-state index contributed by atoms with van der Waals surface area (Å²) in [6.45, 7) is 6.75. The minimum Gasteiger partial charge on any atom is -0.481 e. The molecule has 0 heterocycles. The van der Waals surface area contributed by atoms with Crippen LogP contribution < -0.4 is 11.1 Å². The van der Waals surface area contributed by atoms with Crippen molar-refractivity contribution in [2.45, 2.75) is 65.3 Å². The highest BCUT2D eigenvalue weighted by Gasteiger charge is 2.42. The van der Waals surface area contributed by atoms with Crippen LogP contribution in [0.25, 0.3) is 0 Å². The topological polar surface area (TPSA) is 92.4 Å². The lowest BCUT2D eigenvalue weighted by atomic mass is 9.84. The highest BCUT2D eigenvalue weighted by molar-refractivity contribution is 5.83. The number of carbonyl (C=O) groups excluding carboxylic acids is 1. The molecule has 122 valence electrons. The zero-order valence-corrected chi connectivity index (χ0v) is 13.5. The van der Waals surface area contributed by atoms with Crippen molar-refractivity contribution in [1.82, 2.24) is 5.32 Å². The second-order valence-electron chi connectivity index (χ2n) is 6.90. The lowest BCUT2D eigenvalue weighted by Crippen LogP contribution is -2.47. The number of aliphatic carboxylic acids is 1. The van der Waals surface area contributed by atoms with Gasteiger partial charge in [0.25, 0.3) is 0 Å². The molecule has 0 aromatic heterocycles. The van der Waals surface area contributed by atoms with Gasteiger partial charge >= 0.3 is 5.97 Å². The Morgan fingerprint density at radius 1 is 1.38 bits per heavy atom. The molecule has 0 saturated heterocycles. The first-order valence-corrected chi connectivity index (χ1v) is 8.03. The second-order valence-corrected chi connectivity index (χ2v) is 6.90. The Morgan fingerprint density at radius 2 is 2.05 bits per heavy atom. The van der Waals surface area contributed by atoms with Gasteiger partial charge in [0.1, 0.15) is 0 Å². The van der Waals surface area contributed by atoms with Gasteiger partial charge in [-0.2, -0.15) is 0 Å². The van der Waals surface area contributed by atoms with E-state index in [0.29, 0.717) is 24.8 Å². The van der Waals surface area contributed by atoms with Crippen LogP contribution >= 0.6 is 0 Å². The molecule has 0 aromatic carbocycles. The molecule has 3 atom stereocenters. The molecule has 0 bridgehead atoms. The van der Waals surface area contributed by atoms with E-state index in [4.69, 9.17) is 10.8 Å². The fourth-order valence-electron chi connectivity index (χ4n) is 3.17. The standard InChI is InChI=1S/C16H30N2O3/c1-11(2)12(6-7-14(19)20)8-10-18-15(21)16(3)9-4-5-13(16)17/h11-13H,4-10,17H2,1-3H3,(H,18,21)(H,19,20). The fraction of sp³-hybridized carbons (Fsp3) is 0.875. The third-order valence-electron chi connectivity index (χ3n) is 5.02. The van der Waals surface area contributed by atoms with E-state index in [1.807, 2.05) is 6.92 Å². The maximum atomic E-state index is 12.3. The monoisotopic (exact) mass is 298 g/mol. The van der Waals surface area contributed by atoms with Crippen LogP contribution in [0.3, 0.4) is 0 Å². The van der Waals surface area contributed by atoms with E-state index >= 15 is 0 Å². The molecule has 21 heavy (non-hydrogen) atoms. The lowest BCUT2D eigenvalue weighted by Gasteiger charge is -2.28. The Labute approximate surface area is 127 Å². The van der Waals surface area contributed by atoms with Crippen molar-refractivity contribution in [1.29, 1.82) is 0 Å². The third-order valence-corrected chi connectivity index (χ3v) is 5.02. The molecular formula is C16H30N2O3. The van der Waals surface area contributed by atoms with Gasteiger partial charge in [0.05, 0.1) is 5.41 Å². The van der Waals surface area contributed by atoms with Crippen LogP contribution in [-0.4, -0.2) is 29.6 Å². The Hall–Kier alpha value is -1.10. The van der Waals surface area contributed by atoms with Crippen molar-refractivity contribution in [2.75, 3.05) is 6.54 Å². The largest absolute Gasteiger partial charge is 0.481 e. The average molecular weight is 298 g/mol. The van der Waals surface area contributed by atoms with Crippen molar-refractivity contribution in [2.24, 2.45) is 23.0 Å². The molecule has 3 unspecified atom stereocenters. The maximum Gasteiger partial charge on any atom is 0.303 e. The summed E-state index contributed by atoms with van der Waals surface area (Å²) in [5.74, 6) is 0.0411.